The fraction of sp³-hybridized carbons (Fsp3) is 0.438. The first-order chi connectivity index (χ1) is 12.1. The zero-order valence-electron chi connectivity index (χ0n) is 14.1. The Morgan fingerprint density at radius 1 is 1.24 bits per heavy atom. The molecule has 1 atom stereocenters. The van der Waals surface area contributed by atoms with Gasteiger partial charge in [-0.2, -0.15) is 15.1 Å². The van der Waals surface area contributed by atoms with Gasteiger partial charge in [0.25, 0.3) is 11.9 Å². The van der Waals surface area contributed by atoms with Crippen molar-refractivity contribution in [3.8, 4) is 0 Å². The molecule has 4 rings (SSSR count). The molecular weight excluding hydrogens is 320 g/mol. The number of nitrogens with zero attached hydrogens (tertiary/aromatic N) is 4. The van der Waals surface area contributed by atoms with Crippen LogP contribution < -0.4 is 16.4 Å². The summed E-state index contributed by atoms with van der Waals surface area (Å²) in [7, 11) is 1.56. The molecule has 1 saturated heterocycles. The fourth-order valence-electron chi connectivity index (χ4n) is 3.13. The molecule has 1 aromatic carbocycles. The third-order valence-corrected chi connectivity index (χ3v) is 4.38. The SMILES string of the molecule is COC1=NC(N)(Nc2ccc3[nH]ncc3c2)N=C(N2CCCCC2)N1. The normalized spacial score (nSPS) is 23.7. The summed E-state index contributed by atoms with van der Waals surface area (Å²) in [6.45, 7) is 1.89. The van der Waals surface area contributed by atoms with E-state index in [1.165, 1.54) is 6.42 Å². The van der Waals surface area contributed by atoms with Crippen molar-refractivity contribution in [2.24, 2.45) is 15.7 Å². The molecule has 0 spiro atoms. The monoisotopic (exact) mass is 342 g/mol. The van der Waals surface area contributed by atoms with Crippen LogP contribution >= 0.6 is 0 Å². The number of rotatable bonds is 2. The molecule has 25 heavy (non-hydrogen) atoms. The van der Waals surface area contributed by atoms with E-state index >= 15 is 0 Å². The minimum absolute atomic E-state index is 0.343. The van der Waals surface area contributed by atoms with Crippen LogP contribution in [0.15, 0.2) is 34.4 Å². The number of aliphatic imine (C=N–C) groups is 2. The van der Waals surface area contributed by atoms with E-state index in [-0.39, 0.29) is 0 Å². The Morgan fingerprint density at radius 3 is 2.88 bits per heavy atom. The summed E-state index contributed by atoms with van der Waals surface area (Å²) in [6, 6.07) is 6.14. The van der Waals surface area contributed by atoms with Crippen molar-refractivity contribution in [2.45, 2.75) is 25.2 Å². The second kappa shape index (κ2) is 6.25. The van der Waals surface area contributed by atoms with E-state index in [0.717, 1.165) is 42.5 Å². The summed E-state index contributed by atoms with van der Waals surface area (Å²) in [4.78, 5) is 11.1. The number of benzene rings is 1. The van der Waals surface area contributed by atoms with E-state index < -0.39 is 5.91 Å². The first-order valence-corrected chi connectivity index (χ1v) is 8.41. The number of aromatic nitrogens is 2. The number of fused-ring (bicyclic) bond motifs is 1. The largest absolute Gasteiger partial charge is 0.468 e. The topological polar surface area (TPSA) is 116 Å². The number of nitrogens with one attached hydrogen (secondary N) is 3. The maximum atomic E-state index is 6.42. The van der Waals surface area contributed by atoms with Gasteiger partial charge < -0.3 is 15.0 Å². The number of hydrogen-bond acceptors (Lipinski definition) is 8. The lowest BCUT2D eigenvalue weighted by Crippen LogP contribution is -2.57. The van der Waals surface area contributed by atoms with Crippen molar-refractivity contribution in [2.75, 3.05) is 25.5 Å². The third kappa shape index (κ3) is 3.22. The van der Waals surface area contributed by atoms with Gasteiger partial charge >= 0.3 is 0 Å². The Bertz CT molecular complexity index is 822. The molecule has 0 bridgehead atoms. The Kier molecular flexibility index (Phi) is 3.92. The summed E-state index contributed by atoms with van der Waals surface area (Å²) in [5.74, 6) is -0.646. The Hall–Kier alpha value is -2.81. The number of methoxy groups -OCH3 is 1. The zero-order valence-corrected chi connectivity index (χ0v) is 14.1. The number of anilines is 1. The third-order valence-electron chi connectivity index (χ3n) is 4.38. The lowest BCUT2D eigenvalue weighted by molar-refractivity contribution is 0.314. The molecule has 2 aliphatic heterocycles. The highest BCUT2D eigenvalue weighted by Crippen LogP contribution is 2.22. The molecule has 1 aromatic heterocycles. The van der Waals surface area contributed by atoms with Gasteiger partial charge in [-0.25, -0.2) is 0 Å². The van der Waals surface area contributed by atoms with Crippen LogP contribution in [0, 0.1) is 0 Å². The number of guanidine groups is 1. The van der Waals surface area contributed by atoms with Gasteiger partial charge in [0.2, 0.25) is 5.96 Å². The van der Waals surface area contributed by atoms with Gasteiger partial charge in [-0.1, -0.05) is 0 Å². The van der Waals surface area contributed by atoms with E-state index in [4.69, 9.17) is 10.5 Å². The molecule has 9 nitrogen and oxygen atoms in total. The number of likely N-dealkylation sites (tertiary alicyclic amines) is 1. The number of piperidine rings is 1. The summed E-state index contributed by atoms with van der Waals surface area (Å²) < 4.78 is 5.30. The van der Waals surface area contributed by atoms with Gasteiger partial charge in [0.1, 0.15) is 0 Å². The molecule has 0 radical (unpaired) electrons. The molecule has 9 heteroatoms. The predicted molar refractivity (Wildman–Crippen MR) is 97.1 cm³/mol. The predicted octanol–water partition coefficient (Wildman–Crippen LogP) is 0.992. The van der Waals surface area contributed by atoms with Crippen LogP contribution in [-0.2, 0) is 4.74 Å². The maximum Gasteiger partial charge on any atom is 0.296 e. The van der Waals surface area contributed by atoms with Gasteiger partial charge in [0, 0.05) is 24.2 Å². The summed E-state index contributed by atoms with van der Waals surface area (Å²) in [5.41, 5.74) is 8.18. The van der Waals surface area contributed by atoms with Crippen LogP contribution in [0.3, 0.4) is 0 Å². The van der Waals surface area contributed by atoms with Crippen molar-refractivity contribution >= 4 is 28.6 Å². The van der Waals surface area contributed by atoms with Crippen LogP contribution in [0.2, 0.25) is 0 Å². The molecule has 132 valence electrons. The minimum atomic E-state index is -1.33. The molecule has 0 aliphatic carbocycles. The molecule has 5 N–H and O–H groups in total. The van der Waals surface area contributed by atoms with Gasteiger partial charge in [-0.05, 0) is 37.5 Å². The van der Waals surface area contributed by atoms with Crippen LogP contribution in [0.4, 0.5) is 5.69 Å². The van der Waals surface area contributed by atoms with E-state index in [0.29, 0.717) is 12.0 Å². The Morgan fingerprint density at radius 2 is 2.08 bits per heavy atom. The molecule has 3 heterocycles. The lowest BCUT2D eigenvalue weighted by atomic mass is 10.1. The summed E-state index contributed by atoms with van der Waals surface area (Å²) in [5, 5.41) is 14.2. The summed E-state index contributed by atoms with van der Waals surface area (Å²) >= 11 is 0. The number of hydrogen-bond donors (Lipinski definition) is 4. The quantitative estimate of drug-likeness (QED) is 0.605. The van der Waals surface area contributed by atoms with E-state index in [1.54, 1.807) is 13.3 Å². The number of aromatic amines is 1. The van der Waals surface area contributed by atoms with Crippen molar-refractivity contribution in [1.82, 2.24) is 20.4 Å². The van der Waals surface area contributed by atoms with Crippen LogP contribution in [-0.4, -0.2) is 53.2 Å². The molecule has 1 unspecified atom stereocenters. The van der Waals surface area contributed by atoms with Crippen molar-refractivity contribution in [3.05, 3.63) is 24.4 Å². The molecule has 1 fully saturated rings. The van der Waals surface area contributed by atoms with Crippen LogP contribution in [0.25, 0.3) is 10.9 Å². The van der Waals surface area contributed by atoms with Gasteiger partial charge in [-0.15, -0.1) is 0 Å². The first-order valence-electron chi connectivity index (χ1n) is 8.41. The van der Waals surface area contributed by atoms with E-state index in [2.05, 4.69) is 35.7 Å². The second-order valence-electron chi connectivity index (χ2n) is 6.25. The molecule has 0 amide bonds. The molecule has 2 aromatic rings. The minimum Gasteiger partial charge on any atom is -0.468 e. The number of ether oxygens (including phenoxy) is 1. The Labute approximate surface area is 145 Å². The second-order valence-corrected chi connectivity index (χ2v) is 6.25. The average molecular weight is 342 g/mol. The number of amidine groups is 1. The highest BCUT2D eigenvalue weighted by atomic mass is 16.5. The van der Waals surface area contributed by atoms with Crippen molar-refractivity contribution < 1.29 is 4.74 Å². The molecule has 2 aliphatic rings. The Balaban J connectivity index is 1.62. The van der Waals surface area contributed by atoms with Crippen LogP contribution in [0.1, 0.15) is 19.3 Å². The number of nitrogens with two attached hydrogens (primary N) is 1. The number of H-pyrrole nitrogens is 1. The van der Waals surface area contributed by atoms with Crippen LogP contribution in [0.5, 0.6) is 0 Å². The maximum absolute atomic E-state index is 6.42. The molecular formula is C16H22N8O. The van der Waals surface area contributed by atoms with Crippen molar-refractivity contribution in [3.63, 3.8) is 0 Å². The highest BCUT2D eigenvalue weighted by molar-refractivity contribution is 5.98. The fourth-order valence-corrected chi connectivity index (χ4v) is 3.13. The highest BCUT2D eigenvalue weighted by Gasteiger charge is 2.32. The molecule has 0 saturated carbocycles. The van der Waals surface area contributed by atoms with Gasteiger partial charge in [0.15, 0.2) is 0 Å². The van der Waals surface area contributed by atoms with E-state index in [9.17, 15) is 0 Å². The lowest BCUT2D eigenvalue weighted by Gasteiger charge is -2.35. The van der Waals surface area contributed by atoms with E-state index in [1.807, 2.05) is 18.2 Å². The van der Waals surface area contributed by atoms with Gasteiger partial charge in [-0.3, -0.25) is 16.1 Å². The first kappa shape index (κ1) is 15.7. The zero-order chi connectivity index (χ0) is 17.3. The summed E-state index contributed by atoms with van der Waals surface area (Å²) in [6.07, 6.45) is 5.29. The smallest absolute Gasteiger partial charge is 0.296 e. The van der Waals surface area contributed by atoms with Gasteiger partial charge in [0.05, 0.1) is 18.8 Å². The van der Waals surface area contributed by atoms with Crippen molar-refractivity contribution in [1.29, 1.82) is 0 Å². The standard InChI is InChI=1S/C16H22N8O/c1-25-15-19-14(24-7-3-2-4-8-24)21-16(17,22-15)20-12-5-6-13-11(9-12)10-18-23-13/h5-6,9-10,20H,2-4,7-8,17H2,1H3,(H,18,23)(H,19,21,22). The average Bonchev–Trinajstić information content (AvgIpc) is 3.09.